The maximum atomic E-state index is 5.81. The number of nitrogens with zero attached hydrogens (tertiary/aromatic N) is 4. The van der Waals surface area contributed by atoms with E-state index in [-0.39, 0.29) is 5.41 Å². The van der Waals surface area contributed by atoms with Gasteiger partial charge in [-0.1, -0.05) is 44.1 Å². The van der Waals surface area contributed by atoms with E-state index in [4.69, 9.17) is 14.2 Å². The highest BCUT2D eigenvalue weighted by Gasteiger charge is 2.22. The van der Waals surface area contributed by atoms with E-state index >= 15 is 0 Å². The first kappa shape index (κ1) is 20.2. The molecule has 0 saturated carbocycles. The number of aryl methyl sites for hydroxylation is 2. The molecule has 0 aliphatic heterocycles. The van der Waals surface area contributed by atoms with Crippen molar-refractivity contribution in [3.8, 4) is 22.6 Å². The van der Waals surface area contributed by atoms with Gasteiger partial charge in [0, 0.05) is 10.9 Å². The largest absolute Gasteiger partial charge is 0.496 e. The summed E-state index contributed by atoms with van der Waals surface area (Å²) in [6, 6.07) is 12.6. The van der Waals surface area contributed by atoms with Gasteiger partial charge in [-0.05, 0) is 43.0 Å². The molecule has 6 heteroatoms. The first-order chi connectivity index (χ1) is 15.3. The van der Waals surface area contributed by atoms with Crippen LogP contribution in [0.25, 0.3) is 38.8 Å². The molecular weight excluding hydrogens is 400 g/mol. The molecule has 0 radical (unpaired) electrons. The lowest BCUT2D eigenvalue weighted by Gasteiger charge is -2.23. The Hall–Kier alpha value is -3.67. The summed E-state index contributed by atoms with van der Waals surface area (Å²) in [5.74, 6) is 1.50. The molecule has 0 saturated heterocycles. The normalized spacial score (nSPS) is 12.1. The van der Waals surface area contributed by atoms with E-state index in [1.165, 1.54) is 5.56 Å². The van der Waals surface area contributed by atoms with Gasteiger partial charge in [0.25, 0.3) is 0 Å². The van der Waals surface area contributed by atoms with Crippen molar-refractivity contribution in [2.45, 2.75) is 40.0 Å². The van der Waals surface area contributed by atoms with Crippen molar-refractivity contribution in [3.63, 3.8) is 0 Å². The average Bonchev–Trinajstić information content (AvgIpc) is 3.35. The van der Waals surface area contributed by atoms with Crippen molar-refractivity contribution >= 4 is 21.9 Å². The van der Waals surface area contributed by atoms with Crippen LogP contribution in [0.5, 0.6) is 5.75 Å². The average molecular weight is 427 g/mol. The summed E-state index contributed by atoms with van der Waals surface area (Å²) in [4.78, 5) is 9.37. The van der Waals surface area contributed by atoms with Crippen LogP contribution in [0.15, 0.2) is 53.4 Å². The second-order valence-electron chi connectivity index (χ2n) is 9.14. The van der Waals surface area contributed by atoms with Gasteiger partial charge in [0.15, 0.2) is 0 Å². The number of pyridine rings is 1. The van der Waals surface area contributed by atoms with Crippen LogP contribution < -0.4 is 4.74 Å². The summed E-state index contributed by atoms with van der Waals surface area (Å²) >= 11 is 0. The third kappa shape index (κ3) is 3.06. The molecule has 3 aromatic heterocycles. The van der Waals surface area contributed by atoms with Gasteiger partial charge in [-0.15, -0.1) is 0 Å². The van der Waals surface area contributed by atoms with Gasteiger partial charge in [-0.25, -0.2) is 4.98 Å². The molecule has 2 aromatic carbocycles. The van der Waals surface area contributed by atoms with Gasteiger partial charge in [0.05, 0.1) is 41.3 Å². The highest BCUT2D eigenvalue weighted by molar-refractivity contribution is 6.05. The minimum absolute atomic E-state index is 0.00971. The molecule has 5 aromatic rings. The molecule has 5 rings (SSSR count). The van der Waals surface area contributed by atoms with E-state index in [0.717, 1.165) is 56.0 Å². The highest BCUT2D eigenvalue weighted by atomic mass is 16.5. The molecule has 0 unspecified atom stereocenters. The van der Waals surface area contributed by atoms with Crippen LogP contribution in [0.1, 0.15) is 37.8 Å². The Kier molecular flexibility index (Phi) is 4.55. The summed E-state index contributed by atoms with van der Waals surface area (Å²) in [6.07, 6.45) is 3.71. The topological polar surface area (TPSA) is 66.0 Å². The molecule has 0 fully saturated rings. The van der Waals surface area contributed by atoms with E-state index in [2.05, 4.69) is 59.7 Å². The molecule has 0 spiro atoms. The van der Waals surface area contributed by atoms with Crippen LogP contribution in [0.4, 0.5) is 0 Å². The second-order valence-corrected chi connectivity index (χ2v) is 9.14. The number of ether oxygens (including phenoxy) is 1. The third-order valence-corrected chi connectivity index (χ3v) is 5.97. The maximum absolute atomic E-state index is 5.81. The Morgan fingerprint density at radius 2 is 1.78 bits per heavy atom. The van der Waals surface area contributed by atoms with Gasteiger partial charge < -0.3 is 9.26 Å². The van der Waals surface area contributed by atoms with Crippen LogP contribution in [0.3, 0.4) is 0 Å². The molecule has 0 N–H and O–H groups in total. The van der Waals surface area contributed by atoms with Crippen LogP contribution in [0, 0.1) is 13.8 Å². The quantitative estimate of drug-likeness (QED) is 0.346. The Bertz CT molecular complexity index is 1450. The first-order valence-electron chi connectivity index (χ1n) is 10.7. The van der Waals surface area contributed by atoms with Gasteiger partial charge in [0.2, 0.25) is 0 Å². The molecule has 0 aliphatic rings. The van der Waals surface area contributed by atoms with Gasteiger partial charge >= 0.3 is 0 Å². The van der Waals surface area contributed by atoms with Crippen LogP contribution in [-0.2, 0) is 5.41 Å². The fraction of sp³-hybridized carbons (Fsp3) is 0.269. The predicted octanol–water partition coefficient (Wildman–Crippen LogP) is 6.15. The zero-order valence-electron chi connectivity index (χ0n) is 19.2. The molecule has 0 bridgehead atoms. The zero-order valence-corrected chi connectivity index (χ0v) is 19.2. The third-order valence-electron chi connectivity index (χ3n) is 5.97. The standard InChI is InChI=1S/C26H26N4O2/c1-15-24(16(2)32-29-15)18-11-20-17(12-23(18)31-6)25-21(13-27-20)28-14-30(25)22-10-8-7-9-19(22)26(3,4)5/h7-14H,1-6H3. The number of para-hydroxylation sites is 1. The predicted molar refractivity (Wildman–Crippen MR) is 127 cm³/mol. The van der Waals surface area contributed by atoms with Crippen molar-refractivity contribution < 1.29 is 9.26 Å². The Morgan fingerprint density at radius 1 is 1.00 bits per heavy atom. The van der Waals surface area contributed by atoms with Crippen molar-refractivity contribution in [1.29, 1.82) is 0 Å². The summed E-state index contributed by atoms with van der Waals surface area (Å²) in [5, 5.41) is 5.09. The Morgan fingerprint density at radius 3 is 2.47 bits per heavy atom. The summed E-state index contributed by atoms with van der Waals surface area (Å²) in [7, 11) is 1.68. The summed E-state index contributed by atoms with van der Waals surface area (Å²) < 4.78 is 13.4. The molecule has 0 aliphatic carbocycles. The number of benzene rings is 2. The monoisotopic (exact) mass is 426 g/mol. The molecule has 32 heavy (non-hydrogen) atoms. The number of hydrogen-bond donors (Lipinski definition) is 0. The zero-order chi connectivity index (χ0) is 22.6. The van der Waals surface area contributed by atoms with Gasteiger partial charge in [-0.3, -0.25) is 9.55 Å². The van der Waals surface area contributed by atoms with E-state index < -0.39 is 0 Å². The molecule has 0 atom stereocenters. The van der Waals surface area contributed by atoms with Crippen molar-refractivity contribution in [2.24, 2.45) is 0 Å². The van der Waals surface area contributed by atoms with Gasteiger partial charge in [0.1, 0.15) is 23.4 Å². The maximum Gasteiger partial charge on any atom is 0.141 e. The molecule has 3 heterocycles. The fourth-order valence-electron chi connectivity index (χ4n) is 4.45. The molecule has 162 valence electrons. The van der Waals surface area contributed by atoms with Crippen LogP contribution in [-0.4, -0.2) is 26.8 Å². The number of fused-ring (bicyclic) bond motifs is 3. The van der Waals surface area contributed by atoms with Crippen LogP contribution >= 0.6 is 0 Å². The molecule has 0 amide bonds. The smallest absolute Gasteiger partial charge is 0.141 e. The number of imidazole rings is 1. The first-order valence-corrected chi connectivity index (χ1v) is 10.7. The lowest BCUT2D eigenvalue weighted by Crippen LogP contribution is -2.14. The fourth-order valence-corrected chi connectivity index (χ4v) is 4.45. The van der Waals surface area contributed by atoms with Crippen molar-refractivity contribution in [1.82, 2.24) is 19.7 Å². The summed E-state index contributed by atoms with van der Waals surface area (Å²) in [5.41, 5.74) is 7.76. The van der Waals surface area contributed by atoms with Crippen molar-refractivity contribution in [3.05, 3.63) is 65.9 Å². The number of aromatic nitrogens is 4. The van der Waals surface area contributed by atoms with E-state index in [0.29, 0.717) is 0 Å². The van der Waals surface area contributed by atoms with E-state index in [9.17, 15) is 0 Å². The Balaban J connectivity index is 1.83. The lowest BCUT2D eigenvalue weighted by atomic mass is 9.85. The lowest BCUT2D eigenvalue weighted by molar-refractivity contribution is 0.393. The SMILES string of the molecule is COc1cc2c(cc1-c1c(C)noc1C)ncc1ncn(-c3ccccc3C(C)(C)C)c12. The van der Waals surface area contributed by atoms with E-state index in [1.807, 2.05) is 38.5 Å². The number of rotatable bonds is 3. The van der Waals surface area contributed by atoms with E-state index in [1.54, 1.807) is 7.11 Å². The molecular formula is C26H26N4O2. The Labute approximate surface area is 186 Å². The van der Waals surface area contributed by atoms with Crippen molar-refractivity contribution in [2.75, 3.05) is 7.11 Å². The minimum Gasteiger partial charge on any atom is -0.496 e. The second kappa shape index (κ2) is 7.19. The number of methoxy groups -OCH3 is 1. The van der Waals surface area contributed by atoms with Gasteiger partial charge in [-0.2, -0.15) is 0 Å². The highest BCUT2D eigenvalue weighted by Crippen LogP contribution is 2.39. The minimum atomic E-state index is -0.00971. The summed E-state index contributed by atoms with van der Waals surface area (Å²) in [6.45, 7) is 10.5. The molecule has 6 nitrogen and oxygen atoms in total. The van der Waals surface area contributed by atoms with Crippen LogP contribution in [0.2, 0.25) is 0 Å². The number of hydrogen-bond acceptors (Lipinski definition) is 5.